The van der Waals surface area contributed by atoms with Gasteiger partial charge >= 0.3 is 5.97 Å². The number of ether oxygens (including phenoxy) is 1. The maximum absolute atomic E-state index is 11.7. The molecule has 0 aliphatic heterocycles. The summed E-state index contributed by atoms with van der Waals surface area (Å²) in [5, 5.41) is 2.44. The molecule has 1 aromatic heterocycles. The second-order valence-corrected chi connectivity index (χ2v) is 5.71. The number of hydrogen-bond acceptors (Lipinski definition) is 4. The van der Waals surface area contributed by atoms with E-state index in [4.69, 9.17) is 16.3 Å². The molecule has 2 rings (SSSR count). The van der Waals surface area contributed by atoms with E-state index in [0.29, 0.717) is 9.90 Å². The van der Waals surface area contributed by atoms with Gasteiger partial charge in [-0.1, -0.05) is 29.8 Å². The van der Waals surface area contributed by atoms with Crippen LogP contribution in [0.15, 0.2) is 41.8 Å². The van der Waals surface area contributed by atoms with Crippen LogP contribution in [0.3, 0.4) is 0 Å². The van der Waals surface area contributed by atoms with Gasteiger partial charge in [-0.15, -0.1) is 11.3 Å². The predicted octanol–water partition coefficient (Wildman–Crippen LogP) is 4.15. The third kappa shape index (κ3) is 4.55. The minimum Gasteiger partial charge on any atom is -0.454 e. The van der Waals surface area contributed by atoms with Crippen LogP contribution < -0.4 is 0 Å². The Hall–Kier alpha value is -1.91. The fraction of sp³-hybridized carbons (Fsp3) is 0.125. The first-order valence-electron chi connectivity index (χ1n) is 6.24. The maximum atomic E-state index is 11.7. The second kappa shape index (κ2) is 7.20. The molecule has 108 valence electrons. The van der Waals surface area contributed by atoms with E-state index in [1.54, 1.807) is 29.7 Å². The highest BCUT2D eigenvalue weighted by molar-refractivity contribution is 7.12. The summed E-state index contributed by atoms with van der Waals surface area (Å²) in [5.74, 6) is -0.762. The minimum atomic E-state index is -0.559. The highest BCUT2D eigenvalue weighted by atomic mass is 35.5. The molecule has 0 saturated carbocycles. The summed E-state index contributed by atoms with van der Waals surface area (Å²) in [6, 6.07) is 8.96. The average molecular weight is 321 g/mol. The number of hydrogen-bond donors (Lipinski definition) is 0. The molecular formula is C16H13ClO3S. The lowest BCUT2D eigenvalue weighted by Crippen LogP contribution is -2.11. The number of halogens is 1. The number of esters is 1. The summed E-state index contributed by atoms with van der Waals surface area (Å²) in [5.41, 5.74) is 1.77. The van der Waals surface area contributed by atoms with Crippen molar-refractivity contribution in [3.63, 3.8) is 0 Å². The van der Waals surface area contributed by atoms with Crippen LogP contribution in [0.25, 0.3) is 6.08 Å². The number of ketones is 1. The van der Waals surface area contributed by atoms with Crippen molar-refractivity contribution in [1.29, 1.82) is 0 Å². The van der Waals surface area contributed by atoms with Gasteiger partial charge in [-0.25, -0.2) is 4.79 Å². The molecule has 1 aromatic carbocycles. The van der Waals surface area contributed by atoms with Crippen molar-refractivity contribution in [3.05, 3.63) is 62.8 Å². The summed E-state index contributed by atoms with van der Waals surface area (Å²) in [6.45, 7) is 1.65. The Bertz CT molecular complexity index is 675. The average Bonchev–Trinajstić information content (AvgIpc) is 3.00. The van der Waals surface area contributed by atoms with E-state index >= 15 is 0 Å². The molecular weight excluding hydrogens is 308 g/mol. The van der Waals surface area contributed by atoms with E-state index in [0.717, 1.165) is 11.1 Å². The van der Waals surface area contributed by atoms with Crippen molar-refractivity contribution in [3.8, 4) is 0 Å². The van der Waals surface area contributed by atoms with E-state index in [1.165, 1.54) is 17.4 Å². The summed E-state index contributed by atoms with van der Waals surface area (Å²) >= 11 is 7.32. The molecule has 0 fully saturated rings. The third-order valence-corrected chi connectivity index (χ3v) is 4.07. The van der Waals surface area contributed by atoms with Gasteiger partial charge in [0.25, 0.3) is 0 Å². The molecule has 3 nitrogen and oxygen atoms in total. The Balaban J connectivity index is 1.88. The molecule has 0 bridgehead atoms. The zero-order chi connectivity index (χ0) is 15.2. The number of rotatable bonds is 5. The van der Waals surface area contributed by atoms with Crippen molar-refractivity contribution in [2.75, 3.05) is 6.61 Å². The Labute approximate surface area is 131 Å². The molecule has 0 aliphatic carbocycles. The summed E-state index contributed by atoms with van der Waals surface area (Å²) in [4.78, 5) is 23.8. The van der Waals surface area contributed by atoms with Gasteiger partial charge in [0, 0.05) is 11.1 Å². The molecule has 0 saturated heterocycles. The SMILES string of the molecule is Cc1ccc(/C=C/C(=O)OCC(=O)c2cccs2)cc1Cl. The molecule has 5 heteroatoms. The zero-order valence-corrected chi connectivity index (χ0v) is 12.9. The second-order valence-electron chi connectivity index (χ2n) is 4.35. The maximum Gasteiger partial charge on any atom is 0.331 e. The summed E-state index contributed by atoms with van der Waals surface area (Å²) in [7, 11) is 0. The van der Waals surface area contributed by atoms with E-state index in [-0.39, 0.29) is 12.4 Å². The number of carbonyl (C=O) groups excluding carboxylic acids is 2. The van der Waals surface area contributed by atoms with Crippen molar-refractivity contribution in [2.24, 2.45) is 0 Å². The smallest absolute Gasteiger partial charge is 0.331 e. The van der Waals surface area contributed by atoms with E-state index in [1.807, 2.05) is 19.1 Å². The fourth-order valence-corrected chi connectivity index (χ4v) is 2.41. The Morgan fingerprint density at radius 1 is 1.33 bits per heavy atom. The predicted molar refractivity (Wildman–Crippen MR) is 84.8 cm³/mol. The normalized spacial score (nSPS) is 10.8. The molecule has 0 amide bonds. The van der Waals surface area contributed by atoms with E-state index in [9.17, 15) is 9.59 Å². The molecule has 1 heterocycles. The number of aryl methyl sites for hydroxylation is 1. The van der Waals surface area contributed by atoms with Crippen LogP contribution in [0.2, 0.25) is 5.02 Å². The van der Waals surface area contributed by atoms with Crippen molar-refractivity contribution in [1.82, 2.24) is 0 Å². The van der Waals surface area contributed by atoms with Crippen LogP contribution in [0.1, 0.15) is 20.8 Å². The first-order valence-corrected chi connectivity index (χ1v) is 7.50. The Morgan fingerprint density at radius 3 is 2.81 bits per heavy atom. The monoisotopic (exact) mass is 320 g/mol. The summed E-state index contributed by atoms with van der Waals surface area (Å²) < 4.78 is 4.90. The molecule has 0 unspecified atom stereocenters. The highest BCUT2D eigenvalue weighted by Gasteiger charge is 2.08. The van der Waals surface area contributed by atoms with Crippen LogP contribution in [0, 0.1) is 6.92 Å². The van der Waals surface area contributed by atoms with Crippen LogP contribution >= 0.6 is 22.9 Å². The summed E-state index contributed by atoms with van der Waals surface area (Å²) in [6.07, 6.45) is 2.88. The highest BCUT2D eigenvalue weighted by Crippen LogP contribution is 2.17. The zero-order valence-electron chi connectivity index (χ0n) is 11.3. The quantitative estimate of drug-likeness (QED) is 0.472. The topological polar surface area (TPSA) is 43.4 Å². The Kier molecular flexibility index (Phi) is 5.31. The van der Waals surface area contributed by atoms with Gasteiger partial charge in [-0.3, -0.25) is 4.79 Å². The van der Waals surface area contributed by atoms with Gasteiger partial charge in [0.05, 0.1) is 4.88 Å². The van der Waals surface area contributed by atoms with E-state index in [2.05, 4.69) is 0 Å². The lowest BCUT2D eigenvalue weighted by molar-refractivity contribution is -0.136. The standard InChI is InChI=1S/C16H13ClO3S/c1-11-4-5-12(9-13(11)17)6-7-16(19)20-10-14(18)15-3-2-8-21-15/h2-9H,10H2,1H3/b7-6+. The lowest BCUT2D eigenvalue weighted by Gasteiger charge is -2.00. The van der Waals surface area contributed by atoms with E-state index < -0.39 is 5.97 Å². The molecule has 0 spiro atoms. The molecule has 0 atom stereocenters. The molecule has 0 radical (unpaired) electrons. The van der Waals surface area contributed by atoms with Gasteiger partial charge < -0.3 is 4.74 Å². The van der Waals surface area contributed by atoms with Gasteiger partial charge in [0.1, 0.15) is 0 Å². The first-order chi connectivity index (χ1) is 10.1. The van der Waals surface area contributed by atoms with Crippen LogP contribution in [-0.2, 0) is 9.53 Å². The van der Waals surface area contributed by atoms with Crippen molar-refractivity contribution >= 4 is 40.8 Å². The third-order valence-electron chi connectivity index (χ3n) is 2.75. The number of benzene rings is 1. The van der Waals surface area contributed by atoms with Gasteiger partial charge in [-0.05, 0) is 41.6 Å². The van der Waals surface area contributed by atoms with Crippen LogP contribution in [0.5, 0.6) is 0 Å². The van der Waals surface area contributed by atoms with Crippen LogP contribution in [-0.4, -0.2) is 18.4 Å². The van der Waals surface area contributed by atoms with Crippen molar-refractivity contribution in [2.45, 2.75) is 6.92 Å². The molecule has 0 N–H and O–H groups in total. The van der Waals surface area contributed by atoms with Gasteiger partial charge in [0.2, 0.25) is 5.78 Å². The largest absolute Gasteiger partial charge is 0.454 e. The number of carbonyl (C=O) groups is 2. The molecule has 0 aliphatic rings. The molecule has 21 heavy (non-hydrogen) atoms. The van der Waals surface area contributed by atoms with Crippen LogP contribution in [0.4, 0.5) is 0 Å². The lowest BCUT2D eigenvalue weighted by atomic mass is 10.1. The van der Waals surface area contributed by atoms with Gasteiger partial charge in [-0.2, -0.15) is 0 Å². The first kappa shape index (κ1) is 15.5. The fourth-order valence-electron chi connectivity index (χ4n) is 1.57. The van der Waals surface area contributed by atoms with Gasteiger partial charge in [0.15, 0.2) is 6.61 Å². The molecule has 2 aromatic rings. The Morgan fingerprint density at radius 2 is 2.14 bits per heavy atom. The number of Topliss-reactive ketones (excluding diaryl/α,β-unsaturated/α-hetero) is 1. The number of thiophene rings is 1. The van der Waals surface area contributed by atoms with Crippen molar-refractivity contribution < 1.29 is 14.3 Å². The minimum absolute atomic E-state index is 0.204.